The maximum atomic E-state index is 11.2. The Kier molecular flexibility index (Phi) is 3.53. The van der Waals surface area contributed by atoms with E-state index in [-0.39, 0.29) is 0 Å². The molecular formula is C14H10ClN3O2S. The molecule has 3 rings (SSSR count). The standard InChI is InChI=1S/C14H10ClN3O2S/c15-9-3-1-7(6-16)5-10(9)17-14-18-12-8(13(19)20)2-4-11(12)21-14/h1,3,5,8H,2,4H2,(H,17,18)(H,19,20). The van der Waals surface area contributed by atoms with E-state index in [4.69, 9.17) is 22.0 Å². The van der Waals surface area contributed by atoms with Gasteiger partial charge in [0.2, 0.25) is 0 Å². The lowest BCUT2D eigenvalue weighted by atomic mass is 10.1. The number of hydrogen-bond acceptors (Lipinski definition) is 5. The van der Waals surface area contributed by atoms with E-state index in [1.54, 1.807) is 18.2 Å². The van der Waals surface area contributed by atoms with Crippen molar-refractivity contribution in [2.75, 3.05) is 5.32 Å². The van der Waals surface area contributed by atoms with Gasteiger partial charge in [-0.05, 0) is 31.0 Å². The summed E-state index contributed by atoms with van der Waals surface area (Å²) in [6, 6.07) is 6.97. The number of nitriles is 1. The van der Waals surface area contributed by atoms with Crippen LogP contribution in [0.15, 0.2) is 18.2 Å². The van der Waals surface area contributed by atoms with Gasteiger partial charge in [-0.15, -0.1) is 11.3 Å². The molecule has 1 aliphatic carbocycles. The summed E-state index contributed by atoms with van der Waals surface area (Å²) in [6.07, 6.45) is 1.34. The zero-order chi connectivity index (χ0) is 15.0. The largest absolute Gasteiger partial charge is 0.481 e. The lowest BCUT2D eigenvalue weighted by Gasteiger charge is -2.06. The fraction of sp³-hybridized carbons (Fsp3) is 0.214. The molecule has 1 heterocycles. The van der Waals surface area contributed by atoms with E-state index in [1.165, 1.54) is 11.3 Å². The summed E-state index contributed by atoms with van der Waals surface area (Å²) in [5.41, 5.74) is 1.73. The molecule has 1 atom stereocenters. The van der Waals surface area contributed by atoms with Gasteiger partial charge in [0.25, 0.3) is 0 Å². The van der Waals surface area contributed by atoms with Crippen molar-refractivity contribution < 1.29 is 9.90 Å². The van der Waals surface area contributed by atoms with E-state index >= 15 is 0 Å². The number of benzene rings is 1. The summed E-state index contributed by atoms with van der Waals surface area (Å²) in [5.74, 6) is -1.36. The first-order valence-corrected chi connectivity index (χ1v) is 7.47. The second kappa shape index (κ2) is 5.35. The highest BCUT2D eigenvalue weighted by Crippen LogP contribution is 2.39. The third kappa shape index (κ3) is 2.58. The molecule has 1 aromatic carbocycles. The van der Waals surface area contributed by atoms with E-state index in [2.05, 4.69) is 10.3 Å². The summed E-state index contributed by atoms with van der Waals surface area (Å²) in [5, 5.41) is 22.2. The van der Waals surface area contributed by atoms with Crippen molar-refractivity contribution in [2.45, 2.75) is 18.8 Å². The maximum Gasteiger partial charge on any atom is 0.312 e. The molecule has 1 aromatic heterocycles. The number of anilines is 2. The number of rotatable bonds is 3. The topological polar surface area (TPSA) is 86.0 Å². The number of halogens is 1. The zero-order valence-electron chi connectivity index (χ0n) is 10.8. The summed E-state index contributed by atoms with van der Waals surface area (Å²) >= 11 is 7.52. The van der Waals surface area contributed by atoms with Crippen LogP contribution in [0.25, 0.3) is 0 Å². The Morgan fingerprint density at radius 3 is 3.10 bits per heavy atom. The van der Waals surface area contributed by atoms with Crippen molar-refractivity contribution in [1.29, 1.82) is 5.26 Å². The number of fused-ring (bicyclic) bond motifs is 1. The molecule has 1 unspecified atom stereocenters. The van der Waals surface area contributed by atoms with E-state index in [9.17, 15) is 4.79 Å². The molecule has 0 radical (unpaired) electrons. The lowest BCUT2D eigenvalue weighted by Crippen LogP contribution is -2.08. The molecule has 2 N–H and O–H groups in total. The van der Waals surface area contributed by atoms with Gasteiger partial charge in [0, 0.05) is 4.88 Å². The van der Waals surface area contributed by atoms with Gasteiger partial charge in [-0.3, -0.25) is 4.79 Å². The number of aryl methyl sites for hydroxylation is 1. The second-order valence-corrected chi connectivity index (χ2v) is 6.18. The summed E-state index contributed by atoms with van der Waals surface area (Å²) in [7, 11) is 0. The van der Waals surface area contributed by atoms with Crippen LogP contribution in [0.2, 0.25) is 5.02 Å². The van der Waals surface area contributed by atoms with Gasteiger partial charge < -0.3 is 10.4 Å². The van der Waals surface area contributed by atoms with Crippen molar-refractivity contribution in [3.63, 3.8) is 0 Å². The maximum absolute atomic E-state index is 11.2. The number of nitrogens with one attached hydrogen (secondary N) is 1. The van der Waals surface area contributed by atoms with Crippen LogP contribution in [-0.2, 0) is 11.2 Å². The SMILES string of the molecule is N#Cc1ccc(Cl)c(Nc2nc3c(s2)CCC3C(=O)O)c1. The lowest BCUT2D eigenvalue weighted by molar-refractivity contribution is -0.138. The fourth-order valence-corrected chi connectivity index (χ4v) is 3.54. The van der Waals surface area contributed by atoms with Crippen LogP contribution in [0, 0.1) is 11.3 Å². The molecule has 0 saturated heterocycles. The van der Waals surface area contributed by atoms with Crippen LogP contribution in [-0.4, -0.2) is 16.1 Å². The Hall–Kier alpha value is -2.10. The number of carboxylic acid groups (broad SMARTS) is 1. The molecule has 21 heavy (non-hydrogen) atoms. The number of thiazole rings is 1. The van der Waals surface area contributed by atoms with Crippen LogP contribution >= 0.6 is 22.9 Å². The van der Waals surface area contributed by atoms with Gasteiger partial charge in [-0.25, -0.2) is 4.98 Å². The summed E-state index contributed by atoms with van der Waals surface area (Å²) < 4.78 is 0. The number of carboxylic acids is 1. The summed E-state index contributed by atoms with van der Waals surface area (Å²) in [6.45, 7) is 0. The highest BCUT2D eigenvalue weighted by molar-refractivity contribution is 7.15. The van der Waals surface area contributed by atoms with Gasteiger partial charge in [0.1, 0.15) is 5.92 Å². The average Bonchev–Trinajstić information content (AvgIpc) is 3.00. The Balaban J connectivity index is 1.89. The van der Waals surface area contributed by atoms with Crippen molar-refractivity contribution in [2.24, 2.45) is 0 Å². The summed E-state index contributed by atoms with van der Waals surface area (Å²) in [4.78, 5) is 16.5. The molecule has 0 aliphatic heterocycles. The highest BCUT2D eigenvalue weighted by atomic mass is 35.5. The van der Waals surface area contributed by atoms with Gasteiger partial charge in [0.15, 0.2) is 5.13 Å². The van der Waals surface area contributed by atoms with E-state index in [0.29, 0.717) is 33.5 Å². The number of aliphatic carboxylic acids is 1. The number of carbonyl (C=O) groups is 1. The van der Waals surface area contributed by atoms with Crippen molar-refractivity contribution in [1.82, 2.24) is 4.98 Å². The van der Waals surface area contributed by atoms with Crippen molar-refractivity contribution in [3.05, 3.63) is 39.4 Å². The minimum absolute atomic E-state index is 0.485. The van der Waals surface area contributed by atoms with Crippen LogP contribution in [0.1, 0.15) is 28.5 Å². The monoisotopic (exact) mass is 319 g/mol. The normalized spacial score (nSPS) is 16.3. The Morgan fingerprint density at radius 2 is 2.38 bits per heavy atom. The average molecular weight is 320 g/mol. The van der Waals surface area contributed by atoms with Crippen molar-refractivity contribution in [3.8, 4) is 6.07 Å². The number of hydrogen-bond donors (Lipinski definition) is 2. The molecule has 0 spiro atoms. The van der Waals surface area contributed by atoms with Crippen LogP contribution in [0.5, 0.6) is 0 Å². The molecule has 0 bridgehead atoms. The quantitative estimate of drug-likeness (QED) is 0.903. The molecule has 106 valence electrons. The van der Waals surface area contributed by atoms with Crippen LogP contribution in [0.3, 0.4) is 0 Å². The Morgan fingerprint density at radius 1 is 1.57 bits per heavy atom. The van der Waals surface area contributed by atoms with E-state index < -0.39 is 11.9 Å². The number of nitrogens with zero attached hydrogens (tertiary/aromatic N) is 2. The van der Waals surface area contributed by atoms with Crippen LogP contribution in [0.4, 0.5) is 10.8 Å². The number of aromatic nitrogens is 1. The molecule has 5 nitrogen and oxygen atoms in total. The smallest absolute Gasteiger partial charge is 0.312 e. The molecule has 1 aliphatic rings. The molecule has 0 saturated carbocycles. The first-order chi connectivity index (χ1) is 10.1. The minimum atomic E-state index is -0.838. The van der Waals surface area contributed by atoms with Crippen LogP contribution < -0.4 is 5.32 Å². The van der Waals surface area contributed by atoms with Gasteiger partial charge >= 0.3 is 5.97 Å². The molecule has 0 fully saturated rings. The third-order valence-electron chi connectivity index (χ3n) is 3.35. The second-order valence-electron chi connectivity index (χ2n) is 4.69. The first kappa shape index (κ1) is 13.9. The van der Waals surface area contributed by atoms with Gasteiger partial charge in [-0.2, -0.15) is 5.26 Å². The molecular weight excluding hydrogens is 310 g/mol. The van der Waals surface area contributed by atoms with Crippen molar-refractivity contribution >= 4 is 39.7 Å². The molecule has 0 amide bonds. The molecule has 7 heteroatoms. The van der Waals surface area contributed by atoms with Gasteiger partial charge in [-0.1, -0.05) is 11.6 Å². The zero-order valence-corrected chi connectivity index (χ0v) is 12.3. The van der Waals surface area contributed by atoms with Gasteiger partial charge in [0.05, 0.1) is 28.0 Å². The Bertz CT molecular complexity index is 766. The predicted octanol–water partition coefficient (Wildman–Crippen LogP) is 3.53. The minimum Gasteiger partial charge on any atom is -0.481 e. The predicted molar refractivity (Wildman–Crippen MR) is 80.3 cm³/mol. The third-order valence-corrected chi connectivity index (χ3v) is 4.73. The Labute approximate surface area is 129 Å². The van der Waals surface area contributed by atoms with E-state index in [0.717, 1.165) is 11.3 Å². The molecule has 2 aromatic rings. The first-order valence-electron chi connectivity index (χ1n) is 6.27. The fourth-order valence-electron chi connectivity index (χ4n) is 2.33. The van der Waals surface area contributed by atoms with E-state index in [1.807, 2.05) is 6.07 Å². The highest BCUT2D eigenvalue weighted by Gasteiger charge is 2.32.